The smallest absolute Gasteiger partial charge is 0.142 e. The van der Waals surface area contributed by atoms with Gasteiger partial charge in [0.15, 0.2) is 0 Å². The minimum Gasteiger partial charge on any atom is -0.489 e. The molecule has 0 radical (unpaired) electrons. The van der Waals surface area contributed by atoms with E-state index < -0.39 is 5.82 Å². The number of halogens is 1. The molecule has 0 bridgehead atoms. The summed E-state index contributed by atoms with van der Waals surface area (Å²) in [5, 5.41) is 0. The van der Waals surface area contributed by atoms with Gasteiger partial charge < -0.3 is 10.5 Å². The average Bonchev–Trinajstić information content (AvgIpc) is 2.45. The van der Waals surface area contributed by atoms with Crippen LogP contribution in [0.2, 0.25) is 0 Å². The van der Waals surface area contributed by atoms with Crippen LogP contribution in [0, 0.1) is 17.7 Å². The molecular formula is C16H14FNO. The van der Waals surface area contributed by atoms with E-state index in [1.54, 1.807) is 12.1 Å². The number of hydrogen-bond donors (Lipinski definition) is 1. The molecule has 0 atom stereocenters. The van der Waals surface area contributed by atoms with E-state index in [-0.39, 0.29) is 6.54 Å². The molecule has 2 rings (SSSR count). The molecule has 0 aliphatic carbocycles. The zero-order valence-electron chi connectivity index (χ0n) is 10.4. The lowest BCUT2D eigenvalue weighted by Gasteiger charge is -2.06. The third kappa shape index (κ3) is 3.84. The maximum Gasteiger partial charge on any atom is 0.142 e. The van der Waals surface area contributed by atoms with Crippen molar-refractivity contribution in [3.8, 4) is 17.6 Å². The van der Waals surface area contributed by atoms with Crippen LogP contribution in [0.5, 0.6) is 5.75 Å². The minimum absolute atomic E-state index is 0.214. The molecule has 0 heterocycles. The summed E-state index contributed by atoms with van der Waals surface area (Å²) < 4.78 is 19.2. The summed E-state index contributed by atoms with van der Waals surface area (Å²) in [5.41, 5.74) is 6.62. The molecule has 3 heteroatoms. The molecule has 2 aromatic carbocycles. The van der Waals surface area contributed by atoms with Gasteiger partial charge >= 0.3 is 0 Å². The standard InChI is InChI=1S/C16H14FNO/c17-16-11-15(9-8-14(16)7-4-10-18)19-12-13-5-2-1-3-6-13/h1-3,5-6,8-9,11H,10,12,18H2. The third-order valence-electron chi connectivity index (χ3n) is 2.51. The normalized spacial score (nSPS) is 9.58. The molecule has 0 spiro atoms. The number of nitrogens with two attached hydrogens (primary N) is 1. The Morgan fingerprint density at radius 3 is 2.58 bits per heavy atom. The Morgan fingerprint density at radius 1 is 1.11 bits per heavy atom. The highest BCUT2D eigenvalue weighted by atomic mass is 19.1. The number of ether oxygens (including phenoxy) is 1. The average molecular weight is 255 g/mol. The topological polar surface area (TPSA) is 35.2 Å². The predicted octanol–water partition coefficient (Wildman–Crippen LogP) is 2.71. The first kappa shape index (κ1) is 13.1. The van der Waals surface area contributed by atoms with Crippen LogP contribution in [0.4, 0.5) is 4.39 Å². The summed E-state index contributed by atoms with van der Waals surface area (Å²) in [6.07, 6.45) is 0. The van der Waals surface area contributed by atoms with Crippen LogP contribution >= 0.6 is 0 Å². The maximum absolute atomic E-state index is 13.7. The van der Waals surface area contributed by atoms with E-state index in [4.69, 9.17) is 10.5 Å². The van der Waals surface area contributed by atoms with Gasteiger partial charge in [-0.2, -0.15) is 0 Å². The van der Waals surface area contributed by atoms with Crippen LogP contribution in [0.1, 0.15) is 11.1 Å². The first-order valence-electron chi connectivity index (χ1n) is 5.95. The molecule has 2 nitrogen and oxygen atoms in total. The monoisotopic (exact) mass is 255 g/mol. The Morgan fingerprint density at radius 2 is 1.89 bits per heavy atom. The first-order chi connectivity index (χ1) is 9.29. The highest BCUT2D eigenvalue weighted by Crippen LogP contribution is 2.17. The molecule has 19 heavy (non-hydrogen) atoms. The second-order valence-electron chi connectivity index (χ2n) is 3.92. The summed E-state index contributed by atoms with van der Waals surface area (Å²) in [6, 6.07) is 14.4. The number of rotatable bonds is 3. The van der Waals surface area contributed by atoms with E-state index in [1.807, 2.05) is 30.3 Å². The zero-order chi connectivity index (χ0) is 13.5. The van der Waals surface area contributed by atoms with E-state index in [0.717, 1.165) is 5.56 Å². The minimum atomic E-state index is -0.397. The van der Waals surface area contributed by atoms with Crippen LogP contribution < -0.4 is 10.5 Å². The van der Waals surface area contributed by atoms with Crippen LogP contribution in [0.3, 0.4) is 0 Å². The van der Waals surface area contributed by atoms with E-state index >= 15 is 0 Å². The zero-order valence-corrected chi connectivity index (χ0v) is 10.4. The molecule has 0 aromatic heterocycles. The molecular weight excluding hydrogens is 241 g/mol. The fraction of sp³-hybridized carbons (Fsp3) is 0.125. The Bertz CT molecular complexity index is 599. The van der Waals surface area contributed by atoms with Gasteiger partial charge in [-0.3, -0.25) is 0 Å². The quantitative estimate of drug-likeness (QED) is 0.856. The molecule has 0 amide bonds. The Hall–Kier alpha value is -2.31. The van der Waals surface area contributed by atoms with Crippen molar-refractivity contribution in [2.24, 2.45) is 5.73 Å². The van der Waals surface area contributed by atoms with Crippen molar-refractivity contribution in [3.63, 3.8) is 0 Å². The van der Waals surface area contributed by atoms with E-state index in [1.165, 1.54) is 6.07 Å². The third-order valence-corrected chi connectivity index (χ3v) is 2.51. The maximum atomic E-state index is 13.7. The summed E-state index contributed by atoms with van der Waals surface area (Å²) in [6.45, 7) is 0.625. The Balaban J connectivity index is 2.04. The highest BCUT2D eigenvalue weighted by molar-refractivity contribution is 5.40. The van der Waals surface area contributed by atoms with E-state index in [2.05, 4.69) is 11.8 Å². The Labute approximate surface area is 112 Å². The molecule has 2 N–H and O–H groups in total. The van der Waals surface area contributed by atoms with E-state index in [9.17, 15) is 4.39 Å². The van der Waals surface area contributed by atoms with Gasteiger partial charge in [-0.25, -0.2) is 4.39 Å². The van der Waals surface area contributed by atoms with Crippen molar-refractivity contribution in [1.82, 2.24) is 0 Å². The largest absolute Gasteiger partial charge is 0.489 e. The van der Waals surface area contributed by atoms with Gasteiger partial charge in [-0.05, 0) is 17.7 Å². The van der Waals surface area contributed by atoms with Crippen molar-refractivity contribution in [1.29, 1.82) is 0 Å². The summed E-state index contributed by atoms with van der Waals surface area (Å²) in [7, 11) is 0. The van der Waals surface area contributed by atoms with Crippen molar-refractivity contribution < 1.29 is 9.13 Å². The van der Waals surface area contributed by atoms with Crippen LogP contribution in [-0.2, 0) is 6.61 Å². The molecule has 0 fully saturated rings. The van der Waals surface area contributed by atoms with Gasteiger partial charge in [0, 0.05) is 6.07 Å². The summed E-state index contributed by atoms with van der Waals surface area (Å²) >= 11 is 0. The summed E-state index contributed by atoms with van der Waals surface area (Å²) in [4.78, 5) is 0. The van der Waals surface area contributed by atoms with Gasteiger partial charge in [0.25, 0.3) is 0 Å². The van der Waals surface area contributed by atoms with Gasteiger partial charge in [-0.1, -0.05) is 42.2 Å². The van der Waals surface area contributed by atoms with Crippen molar-refractivity contribution in [3.05, 3.63) is 65.5 Å². The molecule has 0 aliphatic rings. The van der Waals surface area contributed by atoms with Gasteiger partial charge in [0.2, 0.25) is 0 Å². The second kappa shape index (κ2) is 6.58. The van der Waals surface area contributed by atoms with Crippen molar-refractivity contribution in [2.75, 3.05) is 6.54 Å². The SMILES string of the molecule is NCC#Cc1ccc(OCc2ccccc2)cc1F. The molecule has 0 aliphatic heterocycles. The predicted molar refractivity (Wildman–Crippen MR) is 73.1 cm³/mol. The highest BCUT2D eigenvalue weighted by Gasteiger charge is 2.02. The van der Waals surface area contributed by atoms with Crippen LogP contribution in [-0.4, -0.2) is 6.54 Å². The molecule has 0 saturated carbocycles. The van der Waals surface area contributed by atoms with Gasteiger partial charge in [0.05, 0.1) is 12.1 Å². The van der Waals surface area contributed by atoms with E-state index in [0.29, 0.717) is 17.9 Å². The lowest BCUT2D eigenvalue weighted by atomic mass is 10.2. The summed E-state index contributed by atoms with van der Waals surface area (Å²) in [5.74, 6) is 5.38. The molecule has 0 unspecified atom stereocenters. The van der Waals surface area contributed by atoms with Gasteiger partial charge in [-0.15, -0.1) is 0 Å². The lowest BCUT2D eigenvalue weighted by molar-refractivity contribution is 0.304. The van der Waals surface area contributed by atoms with Crippen molar-refractivity contribution in [2.45, 2.75) is 6.61 Å². The van der Waals surface area contributed by atoms with Crippen LogP contribution in [0.25, 0.3) is 0 Å². The molecule has 2 aromatic rings. The Kier molecular flexibility index (Phi) is 4.54. The van der Waals surface area contributed by atoms with Crippen LogP contribution in [0.15, 0.2) is 48.5 Å². The molecule has 96 valence electrons. The van der Waals surface area contributed by atoms with Crippen molar-refractivity contribution >= 4 is 0 Å². The number of hydrogen-bond acceptors (Lipinski definition) is 2. The fourth-order valence-electron chi connectivity index (χ4n) is 1.57. The lowest BCUT2D eigenvalue weighted by Crippen LogP contribution is -1.96. The second-order valence-corrected chi connectivity index (χ2v) is 3.92. The van der Waals surface area contributed by atoms with Gasteiger partial charge in [0.1, 0.15) is 18.2 Å². The number of benzene rings is 2. The fourth-order valence-corrected chi connectivity index (χ4v) is 1.57. The molecule has 0 saturated heterocycles. The first-order valence-corrected chi connectivity index (χ1v) is 5.95.